The van der Waals surface area contributed by atoms with Crippen LogP contribution in [0.15, 0.2) is 60.8 Å². The van der Waals surface area contributed by atoms with Crippen molar-refractivity contribution in [3.8, 4) is 0 Å². The highest BCUT2D eigenvalue weighted by Gasteiger charge is 2.12. The minimum atomic E-state index is -0.0457. The zero-order valence-corrected chi connectivity index (χ0v) is 15.8. The van der Waals surface area contributed by atoms with Gasteiger partial charge in [0.25, 0.3) is 5.91 Å². The number of hydrogen-bond donors (Lipinski definition) is 1. The predicted molar refractivity (Wildman–Crippen MR) is 109 cm³/mol. The minimum absolute atomic E-state index is 0.0114. The molecule has 0 saturated heterocycles. The maximum absolute atomic E-state index is 12.3. The molecule has 0 aliphatic heterocycles. The maximum Gasteiger partial charge on any atom is 0.253 e. The number of aromatic nitrogens is 1. The molecular weight excluding hydrogens is 338 g/mol. The lowest BCUT2D eigenvalue weighted by Gasteiger charge is -2.18. The Labute approximate surface area is 159 Å². The second kappa shape index (κ2) is 8.54. The van der Waals surface area contributed by atoms with E-state index in [0.717, 1.165) is 5.52 Å². The molecular formula is C22H25N3O2. The Bertz CT molecular complexity index is 924. The van der Waals surface area contributed by atoms with Gasteiger partial charge in [-0.2, -0.15) is 0 Å². The Kier molecular flexibility index (Phi) is 5.91. The van der Waals surface area contributed by atoms with Crippen molar-refractivity contribution in [2.24, 2.45) is 0 Å². The lowest BCUT2D eigenvalue weighted by molar-refractivity contribution is -0.116. The van der Waals surface area contributed by atoms with Gasteiger partial charge < -0.3 is 14.8 Å². The first-order chi connectivity index (χ1) is 13.1. The van der Waals surface area contributed by atoms with Crippen LogP contribution in [0.5, 0.6) is 0 Å². The van der Waals surface area contributed by atoms with Crippen LogP contribution in [-0.4, -0.2) is 34.4 Å². The summed E-state index contributed by atoms with van der Waals surface area (Å²) >= 11 is 0. The number of carbonyl (C=O) groups excluding carboxylic acids is 2. The Morgan fingerprint density at radius 2 is 1.67 bits per heavy atom. The van der Waals surface area contributed by atoms with E-state index in [0.29, 0.717) is 37.3 Å². The van der Waals surface area contributed by atoms with Crippen molar-refractivity contribution < 1.29 is 9.59 Å². The van der Waals surface area contributed by atoms with Crippen molar-refractivity contribution in [2.45, 2.75) is 26.8 Å². The summed E-state index contributed by atoms with van der Waals surface area (Å²) < 4.78 is 2.08. The summed E-state index contributed by atoms with van der Waals surface area (Å²) in [6.45, 7) is 5.91. The third-order valence-corrected chi connectivity index (χ3v) is 4.73. The first-order valence-electron chi connectivity index (χ1n) is 9.35. The van der Waals surface area contributed by atoms with Crippen LogP contribution in [0, 0.1) is 0 Å². The second-order valence-corrected chi connectivity index (χ2v) is 6.42. The molecule has 0 bridgehead atoms. The molecule has 0 radical (unpaired) electrons. The summed E-state index contributed by atoms with van der Waals surface area (Å²) in [6, 6.07) is 17.3. The average molecular weight is 363 g/mol. The lowest BCUT2D eigenvalue weighted by atomic mass is 10.1. The third-order valence-electron chi connectivity index (χ3n) is 4.73. The Morgan fingerprint density at radius 3 is 2.37 bits per heavy atom. The van der Waals surface area contributed by atoms with E-state index in [1.54, 1.807) is 29.2 Å². The molecule has 0 fully saturated rings. The summed E-state index contributed by atoms with van der Waals surface area (Å²) in [6.07, 6.45) is 2.39. The number of aryl methyl sites for hydroxylation is 1. The van der Waals surface area contributed by atoms with E-state index < -0.39 is 0 Å². The highest BCUT2D eigenvalue weighted by molar-refractivity contribution is 5.95. The van der Waals surface area contributed by atoms with Crippen molar-refractivity contribution in [3.63, 3.8) is 0 Å². The zero-order chi connectivity index (χ0) is 19.2. The third kappa shape index (κ3) is 4.37. The zero-order valence-electron chi connectivity index (χ0n) is 15.8. The monoisotopic (exact) mass is 363 g/mol. The van der Waals surface area contributed by atoms with Gasteiger partial charge in [-0.15, -0.1) is 0 Å². The van der Waals surface area contributed by atoms with E-state index in [4.69, 9.17) is 0 Å². The smallest absolute Gasteiger partial charge is 0.253 e. The SMILES string of the molecule is CCN(CC)C(=O)c1ccc(NC(=O)CCn2ccc3ccccc32)cc1. The molecule has 1 heterocycles. The summed E-state index contributed by atoms with van der Waals surface area (Å²) in [5.74, 6) is -0.0343. The average Bonchev–Trinajstić information content (AvgIpc) is 3.11. The highest BCUT2D eigenvalue weighted by atomic mass is 16.2. The predicted octanol–water partition coefficient (Wildman–Crippen LogP) is 4.15. The number of anilines is 1. The number of hydrogen-bond acceptors (Lipinski definition) is 2. The highest BCUT2D eigenvalue weighted by Crippen LogP contribution is 2.16. The van der Waals surface area contributed by atoms with Gasteiger partial charge in [0.1, 0.15) is 0 Å². The first-order valence-corrected chi connectivity index (χ1v) is 9.35. The van der Waals surface area contributed by atoms with Crippen LogP contribution in [0.3, 0.4) is 0 Å². The Balaban J connectivity index is 1.57. The number of benzene rings is 2. The molecule has 3 rings (SSSR count). The summed E-state index contributed by atoms with van der Waals surface area (Å²) in [5, 5.41) is 4.07. The molecule has 3 aromatic rings. The van der Waals surface area contributed by atoms with Gasteiger partial charge in [-0.05, 0) is 55.6 Å². The molecule has 2 aromatic carbocycles. The number of nitrogens with zero attached hydrogens (tertiary/aromatic N) is 2. The van der Waals surface area contributed by atoms with E-state index in [1.165, 1.54) is 5.39 Å². The lowest BCUT2D eigenvalue weighted by Crippen LogP contribution is -2.30. The number of para-hydroxylation sites is 1. The first kappa shape index (κ1) is 18.7. The van der Waals surface area contributed by atoms with Crippen LogP contribution in [0.4, 0.5) is 5.69 Å². The van der Waals surface area contributed by atoms with Gasteiger partial charge in [0.05, 0.1) is 0 Å². The van der Waals surface area contributed by atoms with Gasteiger partial charge in [0.2, 0.25) is 5.91 Å². The van der Waals surface area contributed by atoms with E-state index in [-0.39, 0.29) is 11.8 Å². The normalized spacial score (nSPS) is 10.7. The molecule has 0 atom stereocenters. The fourth-order valence-corrected chi connectivity index (χ4v) is 3.17. The van der Waals surface area contributed by atoms with Gasteiger partial charge in [0.15, 0.2) is 0 Å². The number of amides is 2. The van der Waals surface area contributed by atoms with E-state index in [9.17, 15) is 9.59 Å². The standard InChI is InChI=1S/C22H25N3O2/c1-3-24(4-2)22(27)18-9-11-19(12-10-18)23-21(26)14-16-25-15-13-17-7-5-6-8-20(17)25/h5-13,15H,3-4,14,16H2,1-2H3,(H,23,26). The fraction of sp³-hybridized carbons (Fsp3) is 0.273. The molecule has 140 valence electrons. The quantitative estimate of drug-likeness (QED) is 0.685. The molecule has 1 aromatic heterocycles. The molecule has 27 heavy (non-hydrogen) atoms. The molecule has 5 nitrogen and oxygen atoms in total. The van der Waals surface area contributed by atoms with Crippen LogP contribution in [0.25, 0.3) is 10.9 Å². The largest absolute Gasteiger partial charge is 0.347 e. The van der Waals surface area contributed by atoms with E-state index >= 15 is 0 Å². The van der Waals surface area contributed by atoms with E-state index in [2.05, 4.69) is 28.1 Å². The minimum Gasteiger partial charge on any atom is -0.347 e. The number of carbonyl (C=O) groups is 2. The van der Waals surface area contributed by atoms with Crippen LogP contribution in [0.1, 0.15) is 30.6 Å². The summed E-state index contributed by atoms with van der Waals surface area (Å²) in [5.41, 5.74) is 2.47. The van der Waals surface area contributed by atoms with Gasteiger partial charge >= 0.3 is 0 Å². The molecule has 0 aliphatic carbocycles. The maximum atomic E-state index is 12.3. The number of rotatable bonds is 7. The molecule has 1 N–H and O–H groups in total. The van der Waals surface area contributed by atoms with Crippen molar-refractivity contribution >= 4 is 28.4 Å². The molecule has 0 spiro atoms. The van der Waals surface area contributed by atoms with E-state index in [1.807, 2.05) is 32.2 Å². The topological polar surface area (TPSA) is 54.3 Å². The van der Waals surface area contributed by atoms with Crippen molar-refractivity contribution in [1.29, 1.82) is 0 Å². The molecule has 0 unspecified atom stereocenters. The van der Waals surface area contributed by atoms with Gasteiger partial charge in [-0.3, -0.25) is 9.59 Å². The molecule has 5 heteroatoms. The van der Waals surface area contributed by atoms with Crippen LogP contribution >= 0.6 is 0 Å². The van der Waals surface area contributed by atoms with Crippen molar-refractivity contribution in [2.75, 3.05) is 18.4 Å². The molecule has 0 saturated carbocycles. The summed E-state index contributed by atoms with van der Waals surface area (Å²) in [7, 11) is 0. The number of nitrogens with one attached hydrogen (secondary N) is 1. The summed E-state index contributed by atoms with van der Waals surface area (Å²) in [4.78, 5) is 26.4. The molecule has 2 amide bonds. The van der Waals surface area contributed by atoms with Crippen molar-refractivity contribution in [1.82, 2.24) is 9.47 Å². The van der Waals surface area contributed by atoms with Crippen LogP contribution in [0.2, 0.25) is 0 Å². The van der Waals surface area contributed by atoms with Gasteiger partial charge in [-0.25, -0.2) is 0 Å². The van der Waals surface area contributed by atoms with Crippen LogP contribution in [-0.2, 0) is 11.3 Å². The number of fused-ring (bicyclic) bond motifs is 1. The van der Waals surface area contributed by atoms with Crippen LogP contribution < -0.4 is 5.32 Å². The fourth-order valence-electron chi connectivity index (χ4n) is 3.17. The van der Waals surface area contributed by atoms with Gasteiger partial charge in [-0.1, -0.05) is 18.2 Å². The second-order valence-electron chi connectivity index (χ2n) is 6.42. The van der Waals surface area contributed by atoms with Crippen molar-refractivity contribution in [3.05, 3.63) is 66.4 Å². The van der Waals surface area contributed by atoms with Gasteiger partial charge in [0, 0.05) is 49.0 Å². The Morgan fingerprint density at radius 1 is 0.963 bits per heavy atom. The molecule has 0 aliphatic rings. The Hall–Kier alpha value is -3.08.